The molecule has 2 atom stereocenters. The summed E-state index contributed by atoms with van der Waals surface area (Å²) in [5.74, 6) is -1.56. The molecule has 0 aliphatic heterocycles. The molecule has 0 aromatic carbocycles. The molecule has 0 heterocycles. The fourth-order valence-electron chi connectivity index (χ4n) is 4.44. The maximum atomic E-state index is 12.5. The van der Waals surface area contributed by atoms with Crippen molar-refractivity contribution in [1.29, 1.82) is 0 Å². The first kappa shape index (κ1) is 39.8. The molecule has 0 aromatic heterocycles. The van der Waals surface area contributed by atoms with Gasteiger partial charge in [-0.05, 0) is 44.9 Å². The Bertz CT molecular complexity index is 757. The lowest BCUT2D eigenvalue weighted by Crippen LogP contribution is -2.50. The normalized spacial score (nSPS) is 13.5. The van der Waals surface area contributed by atoms with Crippen molar-refractivity contribution in [2.75, 3.05) is 41.0 Å². The Hall–Kier alpha value is -2.19. The van der Waals surface area contributed by atoms with E-state index in [4.69, 9.17) is 14.2 Å². The van der Waals surface area contributed by atoms with Crippen LogP contribution in [0.15, 0.2) is 24.3 Å². The molecule has 0 aliphatic carbocycles. The van der Waals surface area contributed by atoms with Crippen molar-refractivity contribution >= 4 is 17.9 Å². The molecule has 0 rings (SSSR count). The Kier molecular flexibility index (Phi) is 25.1. The topological polar surface area (TPSA) is 99.1 Å². The van der Waals surface area contributed by atoms with Crippen molar-refractivity contribution in [3.05, 3.63) is 24.3 Å². The van der Waals surface area contributed by atoms with E-state index in [0.717, 1.165) is 51.4 Å². The number of esters is 2. The third-order valence-electron chi connectivity index (χ3n) is 7.09. The standard InChI is InChI=1S/C34H61NO7/c1-6-8-10-12-14-16-17-19-20-22-24-32(36)41-29-30(28-40-27-26-31(34(38)39)35(3,4)5)42-33(37)25-23-21-18-15-13-11-9-7-2/h12,14,18,21,30-31H,6-11,13,15-17,19-20,22-29H2,1-5H3/p+1/b14-12+,21-18+. The van der Waals surface area contributed by atoms with Crippen molar-refractivity contribution in [2.24, 2.45) is 0 Å². The monoisotopic (exact) mass is 596 g/mol. The van der Waals surface area contributed by atoms with Crippen LogP contribution in [0.1, 0.15) is 123 Å². The van der Waals surface area contributed by atoms with Gasteiger partial charge in [0.05, 0.1) is 34.4 Å². The molecule has 0 bridgehead atoms. The van der Waals surface area contributed by atoms with Gasteiger partial charge in [-0.1, -0.05) is 83.1 Å². The van der Waals surface area contributed by atoms with Gasteiger partial charge in [-0.25, -0.2) is 4.79 Å². The minimum absolute atomic E-state index is 0.0432. The fourth-order valence-corrected chi connectivity index (χ4v) is 4.44. The summed E-state index contributed by atoms with van der Waals surface area (Å²) in [5, 5.41) is 9.52. The summed E-state index contributed by atoms with van der Waals surface area (Å²) in [4.78, 5) is 36.4. The van der Waals surface area contributed by atoms with E-state index in [-0.39, 0.29) is 42.7 Å². The number of hydrogen-bond acceptors (Lipinski definition) is 6. The fraction of sp³-hybridized carbons (Fsp3) is 0.794. The van der Waals surface area contributed by atoms with Crippen molar-refractivity contribution in [3.63, 3.8) is 0 Å². The largest absolute Gasteiger partial charge is 0.477 e. The van der Waals surface area contributed by atoms with Crippen molar-refractivity contribution < 1.29 is 38.2 Å². The second-order valence-electron chi connectivity index (χ2n) is 12.1. The third-order valence-corrected chi connectivity index (χ3v) is 7.09. The van der Waals surface area contributed by atoms with Crippen LogP contribution in [0.5, 0.6) is 0 Å². The van der Waals surface area contributed by atoms with Gasteiger partial charge in [0.1, 0.15) is 6.61 Å². The molecule has 0 saturated heterocycles. The van der Waals surface area contributed by atoms with E-state index in [1.165, 1.54) is 32.1 Å². The molecule has 0 spiro atoms. The summed E-state index contributed by atoms with van der Waals surface area (Å²) in [6, 6.07) is -0.616. The predicted octanol–water partition coefficient (Wildman–Crippen LogP) is 7.40. The number of unbranched alkanes of at least 4 members (excludes halogenated alkanes) is 10. The molecule has 42 heavy (non-hydrogen) atoms. The summed E-state index contributed by atoms with van der Waals surface area (Å²) in [6.07, 6.45) is 23.9. The molecule has 0 saturated carbocycles. The molecule has 8 nitrogen and oxygen atoms in total. The van der Waals surface area contributed by atoms with Crippen molar-refractivity contribution in [2.45, 2.75) is 135 Å². The van der Waals surface area contributed by atoms with Gasteiger partial charge < -0.3 is 23.8 Å². The molecule has 244 valence electrons. The second-order valence-corrected chi connectivity index (χ2v) is 12.1. The van der Waals surface area contributed by atoms with Crippen molar-refractivity contribution in [3.8, 4) is 0 Å². The summed E-state index contributed by atoms with van der Waals surface area (Å²) >= 11 is 0. The van der Waals surface area contributed by atoms with Crippen LogP contribution in [0.4, 0.5) is 0 Å². The number of aliphatic carboxylic acids is 1. The van der Waals surface area contributed by atoms with Crippen LogP contribution >= 0.6 is 0 Å². The number of carbonyl (C=O) groups is 3. The zero-order chi connectivity index (χ0) is 31.5. The first-order valence-corrected chi connectivity index (χ1v) is 16.4. The molecule has 2 unspecified atom stereocenters. The highest BCUT2D eigenvalue weighted by molar-refractivity contribution is 5.72. The average Bonchev–Trinajstić information content (AvgIpc) is 2.92. The highest BCUT2D eigenvalue weighted by Crippen LogP contribution is 2.11. The number of likely N-dealkylation sites (N-methyl/N-ethyl adjacent to an activating group) is 1. The summed E-state index contributed by atoms with van der Waals surface area (Å²) in [5.41, 5.74) is 0. The number of rotatable bonds is 28. The Balaban J connectivity index is 4.56. The van der Waals surface area contributed by atoms with Crippen LogP contribution in [-0.4, -0.2) is 80.6 Å². The van der Waals surface area contributed by atoms with E-state index in [1.54, 1.807) is 0 Å². The van der Waals surface area contributed by atoms with Gasteiger partial charge in [-0.15, -0.1) is 0 Å². The zero-order valence-corrected chi connectivity index (χ0v) is 27.5. The molecule has 0 aliphatic rings. The number of carboxylic acids is 1. The summed E-state index contributed by atoms with van der Waals surface area (Å²) in [6.45, 7) is 4.56. The lowest BCUT2D eigenvalue weighted by Gasteiger charge is -2.31. The average molecular weight is 597 g/mol. The number of nitrogens with zero attached hydrogens (tertiary/aromatic N) is 1. The van der Waals surface area contributed by atoms with Crippen LogP contribution in [-0.2, 0) is 28.6 Å². The summed E-state index contributed by atoms with van der Waals surface area (Å²) < 4.78 is 17.0. The Morgan fingerprint density at radius 3 is 1.86 bits per heavy atom. The number of carbonyl (C=O) groups excluding carboxylic acids is 2. The van der Waals surface area contributed by atoms with Crippen LogP contribution < -0.4 is 0 Å². The lowest BCUT2D eigenvalue weighted by atomic mass is 10.1. The van der Waals surface area contributed by atoms with Crippen molar-refractivity contribution in [1.82, 2.24) is 0 Å². The van der Waals surface area contributed by atoms with Crippen LogP contribution in [0.25, 0.3) is 0 Å². The molecular formula is C34H62NO7+. The quantitative estimate of drug-likeness (QED) is 0.0435. The number of quaternary nitrogens is 1. The second kappa shape index (κ2) is 26.4. The Morgan fingerprint density at radius 2 is 1.26 bits per heavy atom. The van der Waals surface area contributed by atoms with E-state index in [9.17, 15) is 19.5 Å². The van der Waals surface area contributed by atoms with Gasteiger partial charge >= 0.3 is 17.9 Å². The molecule has 1 N–H and O–H groups in total. The smallest absolute Gasteiger partial charge is 0.362 e. The van der Waals surface area contributed by atoms with Gasteiger partial charge in [0.15, 0.2) is 12.1 Å². The van der Waals surface area contributed by atoms with Gasteiger partial charge in [0, 0.05) is 19.3 Å². The molecule has 0 radical (unpaired) electrons. The van der Waals surface area contributed by atoms with Gasteiger partial charge in [-0.2, -0.15) is 0 Å². The maximum absolute atomic E-state index is 12.5. The van der Waals surface area contributed by atoms with Crippen LogP contribution in [0.2, 0.25) is 0 Å². The van der Waals surface area contributed by atoms with Gasteiger partial charge in [0.2, 0.25) is 0 Å². The zero-order valence-electron chi connectivity index (χ0n) is 27.5. The number of hydrogen-bond donors (Lipinski definition) is 1. The molecule has 0 aromatic rings. The van der Waals surface area contributed by atoms with E-state index < -0.39 is 18.1 Å². The highest BCUT2D eigenvalue weighted by atomic mass is 16.6. The predicted molar refractivity (Wildman–Crippen MR) is 169 cm³/mol. The van der Waals surface area contributed by atoms with Gasteiger partial charge in [-0.3, -0.25) is 9.59 Å². The molecule has 0 amide bonds. The molecule has 0 fully saturated rings. The van der Waals surface area contributed by atoms with Crippen LogP contribution in [0.3, 0.4) is 0 Å². The molecular weight excluding hydrogens is 534 g/mol. The minimum atomic E-state index is -0.884. The highest BCUT2D eigenvalue weighted by Gasteiger charge is 2.31. The SMILES string of the molecule is CCCC/C=C/CCCCCCC(=O)OCC(COCCC(C(=O)O)[N+](C)(C)C)OC(=O)CC/C=C/CCCCCC. The van der Waals surface area contributed by atoms with Gasteiger partial charge in [0.25, 0.3) is 0 Å². The number of ether oxygens (including phenoxy) is 3. The Labute approximate surface area is 256 Å². The number of carboxylic acid groups (broad SMARTS) is 1. The number of allylic oxidation sites excluding steroid dienone is 4. The lowest BCUT2D eigenvalue weighted by molar-refractivity contribution is -0.887. The third kappa shape index (κ3) is 24.4. The van der Waals surface area contributed by atoms with E-state index in [2.05, 4.69) is 32.1 Å². The maximum Gasteiger partial charge on any atom is 0.362 e. The minimum Gasteiger partial charge on any atom is -0.477 e. The van der Waals surface area contributed by atoms with E-state index >= 15 is 0 Å². The first-order chi connectivity index (χ1) is 20.1. The Morgan fingerprint density at radius 1 is 0.690 bits per heavy atom. The van der Waals surface area contributed by atoms with E-state index in [0.29, 0.717) is 19.3 Å². The first-order valence-electron chi connectivity index (χ1n) is 16.4. The molecule has 8 heteroatoms. The van der Waals surface area contributed by atoms with Crippen LogP contribution in [0, 0.1) is 0 Å². The van der Waals surface area contributed by atoms with E-state index in [1.807, 2.05) is 27.2 Å². The summed E-state index contributed by atoms with van der Waals surface area (Å²) in [7, 11) is 5.48.